The number of thioether (sulfide) groups is 1. The van der Waals surface area contributed by atoms with Gasteiger partial charge in [0.1, 0.15) is 5.75 Å². The molecule has 3 N–H and O–H groups in total. The van der Waals surface area contributed by atoms with Crippen LogP contribution in [0, 0.1) is 0 Å². The van der Waals surface area contributed by atoms with E-state index in [-0.39, 0.29) is 6.10 Å². The zero-order valence-electron chi connectivity index (χ0n) is 11.1. The van der Waals surface area contributed by atoms with Gasteiger partial charge in [-0.05, 0) is 44.6 Å². The third-order valence-electron chi connectivity index (χ3n) is 2.95. The number of anilines is 2. The standard InChI is InChI=1S/C14H22N2OS/c1-10(2)17-13-7-3-6-12(14(13)15)16-11-5-4-8-18-9-11/h3,6-7,10-11,16H,4-5,8-9,15H2,1-2H3. The Labute approximate surface area is 113 Å². The van der Waals surface area contributed by atoms with Gasteiger partial charge >= 0.3 is 0 Å². The number of ether oxygens (including phenoxy) is 1. The number of nitrogen functional groups attached to an aromatic ring is 1. The lowest BCUT2D eigenvalue weighted by atomic mass is 10.1. The average Bonchev–Trinajstić information content (AvgIpc) is 2.35. The minimum Gasteiger partial charge on any atom is -0.489 e. The molecule has 1 saturated heterocycles. The van der Waals surface area contributed by atoms with E-state index in [1.54, 1.807) is 0 Å². The summed E-state index contributed by atoms with van der Waals surface area (Å²) in [5.74, 6) is 3.22. The van der Waals surface area contributed by atoms with Gasteiger partial charge in [0, 0.05) is 11.8 Å². The Hall–Kier alpha value is -1.03. The lowest BCUT2D eigenvalue weighted by Gasteiger charge is -2.25. The minimum absolute atomic E-state index is 0.146. The molecule has 1 heterocycles. The van der Waals surface area contributed by atoms with E-state index in [2.05, 4.69) is 5.32 Å². The molecule has 1 aliphatic rings. The fourth-order valence-corrected chi connectivity index (χ4v) is 3.17. The first-order valence-electron chi connectivity index (χ1n) is 6.56. The van der Waals surface area contributed by atoms with Crippen molar-refractivity contribution in [2.75, 3.05) is 22.6 Å². The van der Waals surface area contributed by atoms with Crippen LogP contribution >= 0.6 is 11.8 Å². The summed E-state index contributed by atoms with van der Waals surface area (Å²) in [6.45, 7) is 4.02. The summed E-state index contributed by atoms with van der Waals surface area (Å²) in [5.41, 5.74) is 7.88. The number of benzene rings is 1. The van der Waals surface area contributed by atoms with Crippen LogP contribution in [0.25, 0.3) is 0 Å². The van der Waals surface area contributed by atoms with Gasteiger partial charge in [-0.1, -0.05) is 6.07 Å². The smallest absolute Gasteiger partial charge is 0.144 e. The third kappa shape index (κ3) is 3.48. The molecule has 1 atom stereocenters. The minimum atomic E-state index is 0.146. The normalized spacial score (nSPS) is 19.8. The van der Waals surface area contributed by atoms with E-state index in [1.165, 1.54) is 18.6 Å². The molecule has 1 aliphatic heterocycles. The largest absolute Gasteiger partial charge is 0.489 e. The third-order valence-corrected chi connectivity index (χ3v) is 4.16. The summed E-state index contributed by atoms with van der Waals surface area (Å²) < 4.78 is 5.70. The first-order chi connectivity index (χ1) is 8.66. The van der Waals surface area contributed by atoms with Crippen molar-refractivity contribution < 1.29 is 4.74 Å². The van der Waals surface area contributed by atoms with Gasteiger partial charge in [-0.2, -0.15) is 11.8 Å². The van der Waals surface area contributed by atoms with E-state index in [4.69, 9.17) is 10.5 Å². The van der Waals surface area contributed by atoms with Crippen LogP contribution < -0.4 is 15.8 Å². The van der Waals surface area contributed by atoms with Gasteiger partial charge in [0.2, 0.25) is 0 Å². The molecular formula is C14H22N2OS. The van der Waals surface area contributed by atoms with Crippen LogP contribution in [0.1, 0.15) is 26.7 Å². The van der Waals surface area contributed by atoms with Crippen molar-refractivity contribution in [3.8, 4) is 5.75 Å². The van der Waals surface area contributed by atoms with Crippen LogP contribution in [0.2, 0.25) is 0 Å². The number of hydrogen-bond donors (Lipinski definition) is 2. The fourth-order valence-electron chi connectivity index (χ4n) is 2.10. The number of nitrogens with one attached hydrogen (secondary N) is 1. The molecule has 0 bridgehead atoms. The van der Waals surface area contributed by atoms with Gasteiger partial charge < -0.3 is 15.8 Å². The topological polar surface area (TPSA) is 47.3 Å². The molecule has 0 radical (unpaired) electrons. The molecule has 1 aromatic carbocycles. The van der Waals surface area contributed by atoms with Crippen LogP contribution in [0.15, 0.2) is 18.2 Å². The number of para-hydroxylation sites is 1. The molecule has 4 heteroatoms. The molecule has 3 nitrogen and oxygen atoms in total. The van der Waals surface area contributed by atoms with E-state index in [0.717, 1.165) is 22.9 Å². The van der Waals surface area contributed by atoms with Crippen molar-refractivity contribution in [2.24, 2.45) is 0 Å². The average molecular weight is 266 g/mol. The van der Waals surface area contributed by atoms with Gasteiger partial charge in [-0.15, -0.1) is 0 Å². The second-order valence-corrected chi connectivity index (χ2v) is 6.09. The van der Waals surface area contributed by atoms with Crippen LogP contribution in [0.3, 0.4) is 0 Å². The van der Waals surface area contributed by atoms with Crippen LogP contribution in [-0.4, -0.2) is 23.7 Å². The number of nitrogens with two attached hydrogens (primary N) is 1. The van der Waals surface area contributed by atoms with Crippen LogP contribution in [-0.2, 0) is 0 Å². The Morgan fingerprint density at radius 3 is 2.94 bits per heavy atom. The monoisotopic (exact) mass is 266 g/mol. The van der Waals surface area contributed by atoms with Crippen LogP contribution in [0.4, 0.5) is 11.4 Å². The van der Waals surface area contributed by atoms with Crippen molar-refractivity contribution in [3.63, 3.8) is 0 Å². The molecule has 0 saturated carbocycles. The first kappa shape index (κ1) is 13.4. The van der Waals surface area contributed by atoms with Gasteiger partial charge in [0.15, 0.2) is 0 Å². The van der Waals surface area contributed by atoms with Crippen molar-refractivity contribution in [3.05, 3.63) is 18.2 Å². The summed E-state index contributed by atoms with van der Waals surface area (Å²) in [7, 11) is 0. The summed E-state index contributed by atoms with van der Waals surface area (Å²) in [6, 6.07) is 6.48. The van der Waals surface area contributed by atoms with Crippen molar-refractivity contribution in [2.45, 2.75) is 38.8 Å². The maximum atomic E-state index is 6.15. The zero-order valence-corrected chi connectivity index (χ0v) is 11.9. The molecule has 100 valence electrons. The Morgan fingerprint density at radius 2 is 2.28 bits per heavy atom. The molecule has 1 fully saturated rings. The molecule has 2 rings (SSSR count). The van der Waals surface area contributed by atoms with E-state index < -0.39 is 0 Å². The highest BCUT2D eigenvalue weighted by Gasteiger charge is 2.15. The second-order valence-electron chi connectivity index (χ2n) is 4.94. The summed E-state index contributed by atoms with van der Waals surface area (Å²) in [5, 5.41) is 3.54. The van der Waals surface area contributed by atoms with Crippen LogP contribution in [0.5, 0.6) is 5.75 Å². The quantitative estimate of drug-likeness (QED) is 0.820. The van der Waals surface area contributed by atoms with Crippen molar-refractivity contribution in [1.29, 1.82) is 0 Å². The predicted molar refractivity (Wildman–Crippen MR) is 80.6 cm³/mol. The Balaban J connectivity index is 2.07. The number of rotatable bonds is 4. The highest BCUT2D eigenvalue weighted by Crippen LogP contribution is 2.32. The van der Waals surface area contributed by atoms with E-state index >= 15 is 0 Å². The molecule has 18 heavy (non-hydrogen) atoms. The van der Waals surface area contributed by atoms with Gasteiger partial charge in [-0.3, -0.25) is 0 Å². The SMILES string of the molecule is CC(C)Oc1cccc(NC2CCCSC2)c1N. The molecule has 0 amide bonds. The van der Waals surface area contributed by atoms with Crippen molar-refractivity contribution >= 4 is 23.1 Å². The van der Waals surface area contributed by atoms with E-state index in [0.29, 0.717) is 6.04 Å². The fraction of sp³-hybridized carbons (Fsp3) is 0.571. The van der Waals surface area contributed by atoms with E-state index in [1.807, 2.05) is 43.8 Å². The molecule has 0 aromatic heterocycles. The summed E-state index contributed by atoms with van der Waals surface area (Å²) >= 11 is 2.01. The lowest BCUT2D eigenvalue weighted by molar-refractivity contribution is 0.244. The lowest BCUT2D eigenvalue weighted by Crippen LogP contribution is -2.26. The highest BCUT2D eigenvalue weighted by molar-refractivity contribution is 7.99. The Kier molecular flexibility index (Phi) is 4.64. The summed E-state index contributed by atoms with van der Waals surface area (Å²) in [6.07, 6.45) is 2.65. The molecule has 0 aliphatic carbocycles. The first-order valence-corrected chi connectivity index (χ1v) is 7.71. The van der Waals surface area contributed by atoms with Crippen molar-refractivity contribution in [1.82, 2.24) is 0 Å². The highest BCUT2D eigenvalue weighted by atomic mass is 32.2. The Bertz CT molecular complexity index is 389. The predicted octanol–water partition coefficient (Wildman–Crippen LogP) is 3.36. The second kappa shape index (κ2) is 6.23. The molecular weight excluding hydrogens is 244 g/mol. The molecule has 1 aromatic rings. The maximum Gasteiger partial charge on any atom is 0.144 e. The zero-order chi connectivity index (χ0) is 13.0. The Morgan fingerprint density at radius 1 is 1.44 bits per heavy atom. The van der Waals surface area contributed by atoms with Gasteiger partial charge in [0.05, 0.1) is 17.5 Å². The molecule has 0 spiro atoms. The number of hydrogen-bond acceptors (Lipinski definition) is 4. The maximum absolute atomic E-state index is 6.15. The van der Waals surface area contributed by atoms with Gasteiger partial charge in [-0.25, -0.2) is 0 Å². The van der Waals surface area contributed by atoms with E-state index in [9.17, 15) is 0 Å². The summed E-state index contributed by atoms with van der Waals surface area (Å²) in [4.78, 5) is 0. The molecule has 1 unspecified atom stereocenters. The van der Waals surface area contributed by atoms with Gasteiger partial charge in [0.25, 0.3) is 0 Å².